The van der Waals surface area contributed by atoms with Crippen LogP contribution in [0.15, 0.2) is 27.0 Å². The molecule has 1 aliphatic heterocycles. The zero-order chi connectivity index (χ0) is 28.3. The van der Waals surface area contributed by atoms with E-state index in [1.54, 1.807) is 6.21 Å². The monoisotopic (exact) mass is 552 g/mol. The van der Waals surface area contributed by atoms with Crippen molar-refractivity contribution in [3.8, 4) is 0 Å². The lowest BCUT2D eigenvalue weighted by Crippen LogP contribution is -2.38. The summed E-state index contributed by atoms with van der Waals surface area (Å²) in [4.78, 5) is 42.8. The normalized spacial score (nSPS) is 21.0. The van der Waals surface area contributed by atoms with Gasteiger partial charge in [-0.2, -0.15) is 0 Å². The molecule has 39 heavy (non-hydrogen) atoms. The highest BCUT2D eigenvalue weighted by molar-refractivity contribution is 5.75. The summed E-state index contributed by atoms with van der Waals surface area (Å²) in [7, 11) is 1.41. The van der Waals surface area contributed by atoms with Crippen molar-refractivity contribution >= 4 is 12.1 Å². The van der Waals surface area contributed by atoms with Crippen molar-refractivity contribution in [2.24, 2.45) is 5.16 Å². The van der Waals surface area contributed by atoms with Crippen LogP contribution >= 0.6 is 0 Å². The van der Waals surface area contributed by atoms with Gasteiger partial charge in [0.2, 0.25) is 5.91 Å². The highest BCUT2D eigenvalue weighted by Gasteiger charge is 2.45. The highest BCUT2D eigenvalue weighted by atomic mass is 16.7. The molecule has 4 atom stereocenters. The third-order valence-electron chi connectivity index (χ3n) is 6.94. The molecule has 1 saturated heterocycles. The van der Waals surface area contributed by atoms with Crippen LogP contribution in [0.25, 0.3) is 0 Å². The van der Waals surface area contributed by atoms with E-state index >= 15 is 0 Å². The van der Waals surface area contributed by atoms with E-state index in [0.717, 1.165) is 38.5 Å². The molecule has 1 aliphatic rings. The number of carbonyl (C=O) groups excluding carboxylic acids is 1. The van der Waals surface area contributed by atoms with Crippen molar-refractivity contribution in [3.05, 3.63) is 33.1 Å². The predicted molar refractivity (Wildman–Crippen MR) is 150 cm³/mol. The number of unbranched alkanes of at least 4 members (excludes halogenated alkanes) is 11. The number of nitrogens with zero attached hydrogens (tertiary/aromatic N) is 2. The van der Waals surface area contributed by atoms with Crippen LogP contribution in [-0.2, 0) is 19.1 Å². The molecule has 1 fully saturated rings. The largest absolute Gasteiger partial charge is 0.393 e. The summed E-state index contributed by atoms with van der Waals surface area (Å²) in [6.45, 7) is 2.91. The lowest BCUT2D eigenvalue weighted by Gasteiger charge is -2.19. The summed E-state index contributed by atoms with van der Waals surface area (Å²) in [6, 6.07) is 1.20. The molecule has 2 rings (SSSR count). The van der Waals surface area contributed by atoms with Gasteiger partial charge in [-0.1, -0.05) is 69.9 Å². The number of carbonyl (C=O) groups is 1. The van der Waals surface area contributed by atoms with Crippen molar-refractivity contribution in [2.45, 2.75) is 121 Å². The number of H-pyrrole nitrogens is 1. The molecule has 0 saturated carbocycles. The summed E-state index contributed by atoms with van der Waals surface area (Å²) in [5.74, 6) is 0.146. The van der Waals surface area contributed by atoms with Gasteiger partial charge in [-0.05, 0) is 25.7 Å². The van der Waals surface area contributed by atoms with Crippen molar-refractivity contribution < 1.29 is 24.2 Å². The van der Waals surface area contributed by atoms with Crippen LogP contribution in [0.1, 0.15) is 103 Å². The van der Waals surface area contributed by atoms with Crippen molar-refractivity contribution in [1.29, 1.82) is 0 Å². The summed E-state index contributed by atoms with van der Waals surface area (Å²) in [5.41, 5.74) is -1.17. The molecule has 0 aliphatic carbocycles. The van der Waals surface area contributed by atoms with Crippen LogP contribution in [0, 0.1) is 0 Å². The number of aromatic amines is 1. The van der Waals surface area contributed by atoms with Gasteiger partial charge in [0.05, 0.1) is 0 Å². The Balaban J connectivity index is 1.49. The number of rotatable bonds is 21. The fourth-order valence-electron chi connectivity index (χ4n) is 4.63. The first-order chi connectivity index (χ1) is 19.0. The standard InChI is InChI=1S/C28H48N4O7/c1-3-4-5-6-7-8-9-10-13-16-23(33)29-18-14-11-12-15-19-30-38-21-22-25(35)26(37-2)27(39-22)32-20-17-24(34)31-28(32)36/h17,19-20,22,25-27,35H,3-16,18,21H2,1-2H3,(H,29,33)(H,31,34,36)/b30-19+/t22-,25?,26+,27-/m1/s1. The van der Waals surface area contributed by atoms with Gasteiger partial charge in [0.15, 0.2) is 6.23 Å². The summed E-state index contributed by atoms with van der Waals surface area (Å²) in [6.07, 6.45) is 14.9. The van der Waals surface area contributed by atoms with E-state index in [0.29, 0.717) is 13.0 Å². The maximum Gasteiger partial charge on any atom is 0.330 e. The predicted octanol–water partition coefficient (Wildman–Crippen LogP) is 3.41. The smallest absolute Gasteiger partial charge is 0.330 e. The Hall–Kier alpha value is -2.50. The zero-order valence-electron chi connectivity index (χ0n) is 23.6. The molecule has 0 spiro atoms. The average Bonchev–Trinajstić information content (AvgIpc) is 3.23. The number of ether oxygens (including phenoxy) is 2. The number of aliphatic hydroxyl groups excluding tert-OH is 1. The summed E-state index contributed by atoms with van der Waals surface area (Å²) in [5, 5.41) is 17.4. The van der Waals surface area contributed by atoms with Gasteiger partial charge in [-0.25, -0.2) is 4.79 Å². The first-order valence-corrected chi connectivity index (χ1v) is 14.6. The van der Waals surface area contributed by atoms with E-state index in [2.05, 4.69) is 22.4 Å². The number of methoxy groups -OCH3 is 1. The minimum Gasteiger partial charge on any atom is -0.393 e. The fraction of sp³-hybridized carbons (Fsp3) is 0.786. The van der Waals surface area contributed by atoms with Crippen molar-refractivity contribution in [2.75, 3.05) is 20.3 Å². The zero-order valence-corrected chi connectivity index (χ0v) is 23.6. The molecular weight excluding hydrogens is 504 g/mol. The highest BCUT2D eigenvalue weighted by Crippen LogP contribution is 2.30. The molecule has 11 nitrogen and oxygen atoms in total. The Morgan fingerprint density at radius 3 is 2.49 bits per heavy atom. The number of amides is 1. The van der Waals surface area contributed by atoms with Gasteiger partial charge in [0, 0.05) is 38.6 Å². The van der Waals surface area contributed by atoms with Gasteiger partial charge < -0.3 is 24.7 Å². The first kappa shape index (κ1) is 32.7. The van der Waals surface area contributed by atoms with Gasteiger partial charge in [0.25, 0.3) is 5.56 Å². The van der Waals surface area contributed by atoms with Crippen LogP contribution in [-0.4, -0.2) is 65.4 Å². The van der Waals surface area contributed by atoms with Crippen LogP contribution in [0.2, 0.25) is 0 Å². The molecular formula is C28H48N4O7. The number of aliphatic hydroxyl groups is 1. The third-order valence-corrected chi connectivity index (χ3v) is 6.94. The quantitative estimate of drug-likeness (QED) is 0.120. The molecule has 1 aromatic heterocycles. The SMILES string of the molecule is CCCCCCCCCCCC(=O)NCCCCC/C=N/OC[C@H]1O[C@@H](n2ccc(=O)[nH]c2=O)[C@@H](OC)C1O. The Labute approximate surface area is 231 Å². The molecule has 3 N–H and O–H groups in total. The second kappa shape index (κ2) is 19.5. The van der Waals surface area contributed by atoms with E-state index in [4.69, 9.17) is 14.3 Å². The van der Waals surface area contributed by atoms with E-state index in [9.17, 15) is 19.5 Å². The molecule has 2 heterocycles. The van der Waals surface area contributed by atoms with Crippen molar-refractivity contribution in [3.63, 3.8) is 0 Å². The Bertz CT molecular complexity index is 948. The van der Waals surface area contributed by atoms with E-state index in [-0.39, 0.29) is 12.5 Å². The van der Waals surface area contributed by atoms with Crippen LogP contribution in [0.3, 0.4) is 0 Å². The van der Waals surface area contributed by atoms with E-state index in [1.807, 2.05) is 0 Å². The lowest BCUT2D eigenvalue weighted by molar-refractivity contribution is -0.121. The molecule has 1 aromatic rings. The van der Waals surface area contributed by atoms with Gasteiger partial charge >= 0.3 is 5.69 Å². The molecule has 0 aromatic carbocycles. The van der Waals surface area contributed by atoms with Crippen molar-refractivity contribution in [1.82, 2.24) is 14.9 Å². The number of hydrogen-bond donors (Lipinski definition) is 3. The minimum absolute atomic E-state index is 0.0167. The molecule has 11 heteroatoms. The number of hydrogen-bond acceptors (Lipinski definition) is 8. The fourth-order valence-corrected chi connectivity index (χ4v) is 4.63. The molecule has 0 bridgehead atoms. The van der Waals surface area contributed by atoms with Gasteiger partial charge in [-0.15, -0.1) is 0 Å². The van der Waals surface area contributed by atoms with Crippen LogP contribution in [0.5, 0.6) is 0 Å². The topological polar surface area (TPSA) is 144 Å². The Morgan fingerprint density at radius 2 is 1.79 bits per heavy atom. The third kappa shape index (κ3) is 12.5. The lowest BCUT2D eigenvalue weighted by atomic mass is 10.1. The number of nitrogens with one attached hydrogen (secondary N) is 2. The second-order valence-corrected chi connectivity index (χ2v) is 10.1. The second-order valence-electron chi connectivity index (χ2n) is 10.1. The maximum atomic E-state index is 12.1. The Morgan fingerprint density at radius 1 is 1.10 bits per heavy atom. The first-order valence-electron chi connectivity index (χ1n) is 14.6. The maximum absolute atomic E-state index is 12.1. The Kier molecular flexibility index (Phi) is 16.4. The van der Waals surface area contributed by atoms with Crippen LogP contribution < -0.4 is 16.6 Å². The van der Waals surface area contributed by atoms with E-state index in [1.165, 1.54) is 68.9 Å². The molecule has 1 amide bonds. The summed E-state index contributed by atoms with van der Waals surface area (Å²) < 4.78 is 12.2. The van der Waals surface area contributed by atoms with Gasteiger partial charge in [0.1, 0.15) is 24.9 Å². The molecule has 222 valence electrons. The number of oxime groups is 1. The summed E-state index contributed by atoms with van der Waals surface area (Å²) >= 11 is 0. The van der Waals surface area contributed by atoms with E-state index < -0.39 is 35.8 Å². The molecule has 0 radical (unpaired) electrons. The molecule has 1 unspecified atom stereocenters. The van der Waals surface area contributed by atoms with Gasteiger partial charge in [-0.3, -0.25) is 19.1 Å². The number of aromatic nitrogens is 2. The van der Waals surface area contributed by atoms with Crippen LogP contribution in [0.4, 0.5) is 0 Å². The average molecular weight is 553 g/mol. The minimum atomic E-state index is -1.04.